The Balaban J connectivity index is 2.06. The van der Waals surface area contributed by atoms with Crippen molar-refractivity contribution in [1.82, 2.24) is 10.1 Å². The summed E-state index contributed by atoms with van der Waals surface area (Å²) in [6.45, 7) is 12.6. The molecular weight excluding hydrogens is 695 g/mol. The third-order valence-electron chi connectivity index (χ3n) is 9.19. The van der Waals surface area contributed by atoms with E-state index < -0.39 is 65.1 Å². The summed E-state index contributed by atoms with van der Waals surface area (Å²) in [5, 5.41) is 23.4. The summed E-state index contributed by atoms with van der Waals surface area (Å²) in [7, 11) is 0. The van der Waals surface area contributed by atoms with E-state index in [1.54, 1.807) is 0 Å². The molecule has 0 aliphatic carbocycles. The van der Waals surface area contributed by atoms with Crippen LogP contribution in [0, 0.1) is 0 Å². The third kappa shape index (κ3) is 10.8. The van der Waals surface area contributed by atoms with Crippen molar-refractivity contribution < 1.29 is 73.6 Å². The summed E-state index contributed by atoms with van der Waals surface area (Å²) in [4.78, 5) is 0. The molecule has 2 rings (SSSR count). The summed E-state index contributed by atoms with van der Waals surface area (Å²) < 4.78 is 150. The van der Waals surface area contributed by atoms with Gasteiger partial charge in [0.15, 0.2) is 0 Å². The average Bonchev–Trinajstić information content (AvgIpc) is 2.90. The summed E-state index contributed by atoms with van der Waals surface area (Å²) in [5.41, 5.74) is -11.8. The van der Waals surface area contributed by atoms with E-state index in [-0.39, 0.29) is 51.5 Å². The largest absolute Gasteiger partial charge is 0.435 e. The normalized spacial score (nSPS) is 23.0. The van der Waals surface area contributed by atoms with Crippen LogP contribution in [0.4, 0.5) is 39.5 Å². The van der Waals surface area contributed by atoms with Crippen LogP contribution in [0.15, 0.2) is 0 Å². The van der Waals surface area contributed by atoms with Crippen molar-refractivity contribution >= 4 is 0 Å². The van der Waals surface area contributed by atoms with Gasteiger partial charge in [-0.1, -0.05) is 0 Å². The molecule has 9 nitrogen and oxygen atoms in total. The molecule has 0 aromatic rings. The lowest BCUT2D eigenvalue weighted by Crippen LogP contribution is -2.71. The molecule has 298 valence electrons. The molecule has 0 bridgehead atoms. The van der Waals surface area contributed by atoms with Gasteiger partial charge in [-0.15, -0.1) is 0 Å². The van der Waals surface area contributed by atoms with Crippen LogP contribution >= 0.6 is 0 Å². The summed E-state index contributed by atoms with van der Waals surface area (Å²) in [6.07, 6.45) is -19.2. The predicted molar refractivity (Wildman–Crippen MR) is 163 cm³/mol. The minimum atomic E-state index is -6.93. The van der Waals surface area contributed by atoms with Crippen LogP contribution in [0.25, 0.3) is 0 Å². The topological polar surface area (TPSA) is 93.1 Å². The van der Waals surface area contributed by atoms with E-state index in [4.69, 9.17) is 18.9 Å². The molecule has 0 saturated carbocycles. The van der Waals surface area contributed by atoms with E-state index in [0.29, 0.717) is 32.6 Å². The van der Waals surface area contributed by atoms with Crippen molar-refractivity contribution in [2.45, 2.75) is 165 Å². The molecule has 2 aliphatic rings. The van der Waals surface area contributed by atoms with Crippen molar-refractivity contribution in [3.05, 3.63) is 0 Å². The second-order valence-corrected chi connectivity index (χ2v) is 16.2. The molecule has 50 heavy (non-hydrogen) atoms. The molecule has 2 saturated heterocycles. The fourth-order valence-corrected chi connectivity index (χ4v) is 7.12. The van der Waals surface area contributed by atoms with Crippen molar-refractivity contribution in [2.24, 2.45) is 0 Å². The standard InChI is InChI=1S/C32H55F9N2O7/c1-24(2)16-22(17-25(3,4)42(24)44)48-14-10-12-46-20-28(9,50-29(30(33,34)35,31(36,37)38)32(39,40)41)21-47-13-11-15-49-23-18-26(5,6)43(45)27(7,8)19-23/h22-23,44-45H,10-21H2,1-9H3. The van der Waals surface area contributed by atoms with Gasteiger partial charge >= 0.3 is 24.1 Å². The van der Waals surface area contributed by atoms with Crippen LogP contribution in [0.3, 0.4) is 0 Å². The summed E-state index contributed by atoms with van der Waals surface area (Å²) in [5.74, 6) is 0. The van der Waals surface area contributed by atoms with Crippen molar-refractivity contribution in [2.75, 3.05) is 39.6 Å². The van der Waals surface area contributed by atoms with Gasteiger partial charge < -0.3 is 34.1 Å². The Bertz CT molecular complexity index is 956. The number of hydrogen-bond donors (Lipinski definition) is 2. The molecule has 0 spiro atoms. The van der Waals surface area contributed by atoms with Crippen LogP contribution in [-0.2, 0) is 23.7 Å². The molecule has 2 N–H and O–H groups in total. The van der Waals surface area contributed by atoms with Crippen molar-refractivity contribution in [3.63, 3.8) is 0 Å². The van der Waals surface area contributed by atoms with Gasteiger partial charge in [-0.2, -0.15) is 49.6 Å². The van der Waals surface area contributed by atoms with E-state index in [1.807, 2.05) is 55.4 Å². The van der Waals surface area contributed by atoms with Gasteiger partial charge in [-0.25, -0.2) is 0 Å². The van der Waals surface area contributed by atoms with Gasteiger partial charge in [0.05, 0.1) is 25.4 Å². The minimum absolute atomic E-state index is 0.0691. The first-order valence-electron chi connectivity index (χ1n) is 16.6. The second-order valence-electron chi connectivity index (χ2n) is 16.2. The Morgan fingerprint density at radius 2 is 0.820 bits per heavy atom. The van der Waals surface area contributed by atoms with Gasteiger partial charge in [0.1, 0.15) is 5.60 Å². The zero-order chi connectivity index (χ0) is 38.8. The molecule has 2 fully saturated rings. The fourth-order valence-electron chi connectivity index (χ4n) is 7.12. The predicted octanol–water partition coefficient (Wildman–Crippen LogP) is 7.86. The molecule has 0 aromatic carbocycles. The van der Waals surface area contributed by atoms with E-state index in [9.17, 15) is 49.9 Å². The van der Waals surface area contributed by atoms with E-state index >= 15 is 0 Å². The molecule has 0 unspecified atom stereocenters. The first kappa shape index (κ1) is 45.2. The molecule has 0 aromatic heterocycles. The number of nitrogens with zero attached hydrogens (tertiary/aromatic N) is 2. The molecule has 0 amide bonds. The second kappa shape index (κ2) is 15.8. The zero-order valence-corrected chi connectivity index (χ0v) is 30.4. The lowest BCUT2D eigenvalue weighted by atomic mass is 9.80. The lowest BCUT2D eigenvalue weighted by Gasteiger charge is -2.51. The number of alkyl halides is 9. The number of halogens is 9. The first-order chi connectivity index (χ1) is 22.3. The number of hydroxylamine groups is 4. The van der Waals surface area contributed by atoms with Gasteiger partial charge in [-0.3, -0.25) is 0 Å². The molecule has 0 atom stereocenters. The highest BCUT2D eigenvalue weighted by atomic mass is 19.4. The Morgan fingerprint density at radius 3 is 1.08 bits per heavy atom. The van der Waals surface area contributed by atoms with Crippen molar-refractivity contribution in [1.29, 1.82) is 0 Å². The highest BCUT2D eigenvalue weighted by Crippen LogP contribution is 2.56. The summed E-state index contributed by atoms with van der Waals surface area (Å²) in [6, 6.07) is 0. The fraction of sp³-hybridized carbons (Fsp3) is 1.00. The first-order valence-corrected chi connectivity index (χ1v) is 16.6. The molecule has 2 aliphatic heterocycles. The SMILES string of the molecule is CC(COCCCOC1CC(C)(C)N(O)C(C)(C)C1)(COCCCOC1CC(C)(C)N(O)C(C)(C)C1)OC(C(F)(F)F)(C(F)(F)F)C(F)(F)F. The van der Waals surface area contributed by atoms with Gasteiger partial charge in [-0.05, 0) is 101 Å². The zero-order valence-electron chi connectivity index (χ0n) is 30.4. The smallest absolute Gasteiger partial charge is 0.378 e. The Morgan fingerprint density at radius 1 is 0.540 bits per heavy atom. The molecule has 2 heterocycles. The number of rotatable bonds is 16. The van der Waals surface area contributed by atoms with E-state index in [1.165, 1.54) is 10.1 Å². The third-order valence-corrected chi connectivity index (χ3v) is 9.19. The van der Waals surface area contributed by atoms with Crippen LogP contribution in [0.1, 0.15) is 101 Å². The van der Waals surface area contributed by atoms with E-state index in [2.05, 4.69) is 4.74 Å². The van der Waals surface area contributed by atoms with Gasteiger partial charge in [0.25, 0.3) is 0 Å². The highest BCUT2D eigenvalue weighted by molar-refractivity contribution is 5.05. The molecule has 0 radical (unpaired) electrons. The van der Waals surface area contributed by atoms with Gasteiger partial charge in [0.2, 0.25) is 0 Å². The number of ether oxygens (including phenoxy) is 5. The number of hydrogen-bond acceptors (Lipinski definition) is 9. The monoisotopic (exact) mass is 750 g/mol. The Kier molecular flexibility index (Phi) is 14.3. The van der Waals surface area contributed by atoms with Crippen LogP contribution < -0.4 is 0 Å². The maximum absolute atomic E-state index is 13.8. The van der Waals surface area contributed by atoms with Crippen molar-refractivity contribution in [3.8, 4) is 0 Å². The van der Waals surface area contributed by atoms with Crippen LogP contribution in [-0.4, -0.2) is 124 Å². The highest BCUT2D eigenvalue weighted by Gasteiger charge is 2.86. The minimum Gasteiger partial charge on any atom is -0.378 e. The molecule has 18 heteroatoms. The molecular formula is C32H55F9N2O7. The Labute approximate surface area is 288 Å². The van der Waals surface area contributed by atoms with Crippen LogP contribution in [0.5, 0.6) is 0 Å². The quantitative estimate of drug-likeness (QED) is 0.121. The lowest BCUT2D eigenvalue weighted by molar-refractivity contribution is -0.476. The maximum atomic E-state index is 13.8. The van der Waals surface area contributed by atoms with Crippen LogP contribution in [0.2, 0.25) is 0 Å². The summed E-state index contributed by atoms with van der Waals surface area (Å²) >= 11 is 0. The van der Waals surface area contributed by atoms with Gasteiger partial charge in [0, 0.05) is 48.6 Å². The maximum Gasteiger partial charge on any atom is 0.435 e. The van der Waals surface area contributed by atoms with E-state index in [0.717, 1.165) is 0 Å². The average molecular weight is 751 g/mol. The number of piperidine rings is 2. The Hall–Kier alpha value is -0.990.